The molecule has 0 spiro atoms. The molecule has 0 aliphatic heterocycles. The Kier molecular flexibility index (Phi) is 3.33. The highest BCUT2D eigenvalue weighted by Gasteiger charge is 2.06. The van der Waals surface area contributed by atoms with Crippen molar-refractivity contribution in [3.8, 4) is 11.5 Å². The molecule has 88 valence electrons. The summed E-state index contributed by atoms with van der Waals surface area (Å²) in [5.41, 5.74) is 3.02. The van der Waals surface area contributed by atoms with Gasteiger partial charge in [0.25, 0.3) is 0 Å². The zero-order valence-corrected chi connectivity index (χ0v) is 10.1. The van der Waals surface area contributed by atoms with E-state index in [-0.39, 0.29) is 5.75 Å². The summed E-state index contributed by atoms with van der Waals surface area (Å²) in [5, 5.41) is 9.88. The van der Waals surface area contributed by atoms with Crippen molar-refractivity contribution in [2.45, 2.75) is 20.5 Å². The maximum Gasteiger partial charge on any atom is 0.161 e. The second-order valence-electron chi connectivity index (χ2n) is 4.20. The molecule has 0 heterocycles. The standard InChI is InChI=1S/C15H16O2/c1-11-8-12(2)15(16)14(9-11)17-10-13-6-4-3-5-7-13/h3-9,16H,10H2,1-2H3. The van der Waals surface area contributed by atoms with Crippen LogP contribution in [0.25, 0.3) is 0 Å². The van der Waals surface area contributed by atoms with Crippen molar-refractivity contribution in [2.24, 2.45) is 0 Å². The quantitative estimate of drug-likeness (QED) is 0.870. The van der Waals surface area contributed by atoms with Crippen LogP contribution in [0.1, 0.15) is 16.7 Å². The summed E-state index contributed by atoms with van der Waals surface area (Å²) in [4.78, 5) is 0. The van der Waals surface area contributed by atoms with Crippen molar-refractivity contribution in [1.29, 1.82) is 0 Å². The molecule has 0 amide bonds. The van der Waals surface area contributed by atoms with Gasteiger partial charge in [0.15, 0.2) is 11.5 Å². The Morgan fingerprint density at radius 3 is 2.47 bits per heavy atom. The molecule has 0 aliphatic rings. The minimum absolute atomic E-state index is 0.228. The van der Waals surface area contributed by atoms with E-state index in [1.165, 1.54) is 0 Å². The van der Waals surface area contributed by atoms with Crippen LogP contribution in [0.2, 0.25) is 0 Å². The second-order valence-corrected chi connectivity index (χ2v) is 4.20. The maximum atomic E-state index is 9.88. The lowest BCUT2D eigenvalue weighted by Crippen LogP contribution is -1.96. The smallest absolute Gasteiger partial charge is 0.161 e. The van der Waals surface area contributed by atoms with E-state index in [0.29, 0.717) is 12.4 Å². The van der Waals surface area contributed by atoms with E-state index in [0.717, 1.165) is 16.7 Å². The first kappa shape index (κ1) is 11.5. The maximum absolute atomic E-state index is 9.88. The lowest BCUT2D eigenvalue weighted by Gasteiger charge is -2.11. The monoisotopic (exact) mass is 228 g/mol. The largest absolute Gasteiger partial charge is 0.504 e. The van der Waals surface area contributed by atoms with Crippen molar-refractivity contribution >= 4 is 0 Å². The molecule has 0 atom stereocenters. The van der Waals surface area contributed by atoms with E-state index in [1.807, 2.05) is 56.3 Å². The average molecular weight is 228 g/mol. The fourth-order valence-corrected chi connectivity index (χ4v) is 1.77. The predicted octanol–water partition coefficient (Wildman–Crippen LogP) is 3.59. The lowest BCUT2D eigenvalue weighted by molar-refractivity contribution is 0.288. The minimum atomic E-state index is 0.228. The number of benzene rings is 2. The van der Waals surface area contributed by atoms with E-state index >= 15 is 0 Å². The van der Waals surface area contributed by atoms with Crippen LogP contribution in [-0.4, -0.2) is 5.11 Å². The van der Waals surface area contributed by atoms with Crippen molar-refractivity contribution < 1.29 is 9.84 Å². The summed E-state index contributed by atoms with van der Waals surface area (Å²) in [6, 6.07) is 13.7. The van der Waals surface area contributed by atoms with Gasteiger partial charge in [-0.1, -0.05) is 36.4 Å². The van der Waals surface area contributed by atoms with Crippen molar-refractivity contribution in [2.75, 3.05) is 0 Å². The van der Waals surface area contributed by atoms with Gasteiger partial charge in [0.1, 0.15) is 6.61 Å². The molecule has 17 heavy (non-hydrogen) atoms. The molecular formula is C15H16O2. The highest BCUT2D eigenvalue weighted by Crippen LogP contribution is 2.31. The van der Waals surface area contributed by atoms with E-state index in [1.54, 1.807) is 0 Å². The Bertz CT molecular complexity index is 504. The molecule has 0 aliphatic carbocycles. The number of aromatic hydroxyl groups is 1. The summed E-state index contributed by atoms with van der Waals surface area (Å²) < 4.78 is 5.63. The number of aryl methyl sites for hydroxylation is 2. The number of hydrogen-bond donors (Lipinski definition) is 1. The topological polar surface area (TPSA) is 29.5 Å². The Morgan fingerprint density at radius 2 is 1.76 bits per heavy atom. The highest BCUT2D eigenvalue weighted by atomic mass is 16.5. The van der Waals surface area contributed by atoms with Gasteiger partial charge in [0.05, 0.1) is 0 Å². The number of phenolic OH excluding ortho intramolecular Hbond substituents is 1. The van der Waals surface area contributed by atoms with Gasteiger partial charge < -0.3 is 9.84 Å². The van der Waals surface area contributed by atoms with Gasteiger partial charge >= 0.3 is 0 Å². The van der Waals surface area contributed by atoms with Crippen LogP contribution in [0.3, 0.4) is 0 Å². The van der Waals surface area contributed by atoms with Crippen molar-refractivity contribution in [1.82, 2.24) is 0 Å². The number of hydrogen-bond acceptors (Lipinski definition) is 2. The fourth-order valence-electron chi connectivity index (χ4n) is 1.77. The summed E-state index contributed by atoms with van der Waals surface area (Å²) in [5.74, 6) is 0.776. The molecule has 0 aromatic heterocycles. The second kappa shape index (κ2) is 4.91. The van der Waals surface area contributed by atoms with Gasteiger partial charge in [-0.25, -0.2) is 0 Å². The number of rotatable bonds is 3. The lowest BCUT2D eigenvalue weighted by atomic mass is 10.1. The molecule has 0 unspecified atom stereocenters. The van der Waals surface area contributed by atoms with Gasteiger partial charge in [0.2, 0.25) is 0 Å². The van der Waals surface area contributed by atoms with Crippen LogP contribution in [0.5, 0.6) is 11.5 Å². The molecule has 2 nitrogen and oxygen atoms in total. The van der Waals surface area contributed by atoms with Crippen LogP contribution in [0.4, 0.5) is 0 Å². The van der Waals surface area contributed by atoms with Gasteiger partial charge in [0, 0.05) is 0 Å². The molecule has 1 N–H and O–H groups in total. The molecule has 2 rings (SSSR count). The highest BCUT2D eigenvalue weighted by molar-refractivity contribution is 5.47. The third-order valence-corrected chi connectivity index (χ3v) is 2.65. The third kappa shape index (κ3) is 2.78. The summed E-state index contributed by atoms with van der Waals surface area (Å²) >= 11 is 0. The molecule has 2 heteroatoms. The number of phenols is 1. The normalized spacial score (nSPS) is 10.2. The Labute approximate surface area is 101 Å². The SMILES string of the molecule is Cc1cc(C)c(O)c(OCc2ccccc2)c1. The van der Waals surface area contributed by atoms with Crippen LogP contribution >= 0.6 is 0 Å². The fraction of sp³-hybridized carbons (Fsp3) is 0.200. The van der Waals surface area contributed by atoms with E-state index in [4.69, 9.17) is 4.74 Å². The molecule has 0 fully saturated rings. The predicted molar refractivity (Wildman–Crippen MR) is 68.4 cm³/mol. The molecule has 0 bridgehead atoms. The van der Waals surface area contributed by atoms with Gasteiger partial charge in [-0.15, -0.1) is 0 Å². The van der Waals surface area contributed by atoms with E-state index < -0.39 is 0 Å². The minimum Gasteiger partial charge on any atom is -0.504 e. The molecular weight excluding hydrogens is 212 g/mol. The first-order valence-electron chi connectivity index (χ1n) is 5.64. The first-order valence-corrected chi connectivity index (χ1v) is 5.64. The van der Waals surface area contributed by atoms with E-state index in [9.17, 15) is 5.11 Å². The Morgan fingerprint density at radius 1 is 1.06 bits per heavy atom. The van der Waals surface area contributed by atoms with Crippen LogP contribution in [0, 0.1) is 13.8 Å². The van der Waals surface area contributed by atoms with Crippen molar-refractivity contribution in [3.05, 3.63) is 59.2 Å². The van der Waals surface area contributed by atoms with Crippen LogP contribution in [-0.2, 0) is 6.61 Å². The zero-order valence-electron chi connectivity index (χ0n) is 10.1. The Hall–Kier alpha value is -1.96. The number of ether oxygens (including phenoxy) is 1. The summed E-state index contributed by atoms with van der Waals surface area (Å²) in [6.07, 6.45) is 0. The van der Waals surface area contributed by atoms with Gasteiger partial charge in [-0.3, -0.25) is 0 Å². The molecule has 0 saturated carbocycles. The Balaban J connectivity index is 2.14. The van der Waals surface area contributed by atoms with E-state index in [2.05, 4.69) is 0 Å². The van der Waals surface area contributed by atoms with Crippen LogP contribution < -0.4 is 4.74 Å². The molecule has 2 aromatic carbocycles. The summed E-state index contributed by atoms with van der Waals surface area (Å²) in [6.45, 7) is 4.33. The summed E-state index contributed by atoms with van der Waals surface area (Å²) in [7, 11) is 0. The molecule has 2 aromatic rings. The van der Waals surface area contributed by atoms with Crippen molar-refractivity contribution in [3.63, 3.8) is 0 Å². The average Bonchev–Trinajstić information content (AvgIpc) is 2.33. The molecule has 0 saturated heterocycles. The third-order valence-electron chi connectivity index (χ3n) is 2.65. The molecule has 0 radical (unpaired) electrons. The first-order chi connectivity index (χ1) is 8.16. The van der Waals surface area contributed by atoms with Gasteiger partial charge in [-0.05, 0) is 36.6 Å². The van der Waals surface area contributed by atoms with Crippen LogP contribution in [0.15, 0.2) is 42.5 Å². The zero-order chi connectivity index (χ0) is 12.3. The van der Waals surface area contributed by atoms with Gasteiger partial charge in [-0.2, -0.15) is 0 Å².